The number of halogens is 1. The number of hydrogen-bond donors (Lipinski definition) is 2. The molecule has 1 aliphatic heterocycles. The van der Waals surface area contributed by atoms with Gasteiger partial charge in [0.2, 0.25) is 0 Å². The first-order valence-electron chi connectivity index (χ1n) is 9.72. The Hall–Kier alpha value is -1.75. The second kappa shape index (κ2) is 8.09. The van der Waals surface area contributed by atoms with Crippen molar-refractivity contribution < 1.29 is 14.6 Å². The van der Waals surface area contributed by atoms with E-state index in [0.717, 1.165) is 29.8 Å². The monoisotopic (exact) mass is 371 g/mol. The maximum Gasteiger partial charge on any atom is 0.123 e. The Bertz CT molecular complexity index is 747. The third kappa shape index (κ3) is 4.95. The van der Waals surface area contributed by atoms with Crippen molar-refractivity contribution in [1.29, 1.82) is 0 Å². The van der Waals surface area contributed by atoms with Gasteiger partial charge in [-0.1, -0.05) is 50.2 Å². The van der Waals surface area contributed by atoms with Crippen LogP contribution in [0.25, 0.3) is 11.1 Å². The molecule has 0 saturated carbocycles. The van der Waals surface area contributed by atoms with Crippen LogP contribution in [0.4, 0.5) is 4.39 Å². The summed E-state index contributed by atoms with van der Waals surface area (Å²) in [6.07, 6.45) is 0.243. The molecule has 3 unspecified atom stereocenters. The van der Waals surface area contributed by atoms with E-state index < -0.39 is 5.60 Å². The summed E-state index contributed by atoms with van der Waals surface area (Å²) in [4.78, 5) is 2.25. The Morgan fingerprint density at radius 3 is 2.26 bits per heavy atom. The Morgan fingerprint density at radius 1 is 1.04 bits per heavy atom. The normalized spacial score (nSPS) is 25.9. The zero-order valence-corrected chi connectivity index (χ0v) is 16.4. The van der Waals surface area contributed by atoms with Gasteiger partial charge in [0.15, 0.2) is 0 Å². The van der Waals surface area contributed by atoms with Gasteiger partial charge in [-0.25, -0.2) is 4.39 Å². The lowest BCUT2D eigenvalue weighted by atomic mass is 9.86. The molecule has 0 aromatic heterocycles. The van der Waals surface area contributed by atoms with Crippen LogP contribution in [0.2, 0.25) is 0 Å². The van der Waals surface area contributed by atoms with Crippen LogP contribution in [-0.2, 0) is 6.42 Å². The van der Waals surface area contributed by atoms with Gasteiger partial charge in [0.25, 0.3) is 0 Å². The van der Waals surface area contributed by atoms with Crippen molar-refractivity contribution in [1.82, 2.24) is 4.90 Å². The maximum absolute atomic E-state index is 13.3. The highest BCUT2D eigenvalue weighted by atomic mass is 19.1. The highest BCUT2D eigenvalue weighted by Crippen LogP contribution is 2.29. The molecular weight excluding hydrogens is 341 g/mol. The van der Waals surface area contributed by atoms with E-state index in [1.54, 1.807) is 12.1 Å². The summed E-state index contributed by atoms with van der Waals surface area (Å²) in [7, 11) is 0. The van der Waals surface area contributed by atoms with Crippen LogP contribution in [0.5, 0.6) is 0 Å². The molecule has 0 spiro atoms. The molecule has 1 saturated heterocycles. The number of piperidine rings is 1. The predicted molar refractivity (Wildman–Crippen MR) is 107 cm³/mol. The van der Waals surface area contributed by atoms with Crippen molar-refractivity contribution in [3.05, 3.63) is 59.9 Å². The number of likely N-dealkylation sites (tertiary alicyclic amines) is 1. The number of benzene rings is 2. The molecule has 1 aliphatic rings. The van der Waals surface area contributed by atoms with E-state index in [1.165, 1.54) is 12.1 Å². The van der Waals surface area contributed by atoms with Crippen LogP contribution >= 0.6 is 0 Å². The van der Waals surface area contributed by atoms with Crippen molar-refractivity contribution in [2.45, 2.75) is 38.9 Å². The number of aliphatic hydroxyl groups excluding tert-OH is 1. The quantitative estimate of drug-likeness (QED) is 0.842. The van der Waals surface area contributed by atoms with E-state index in [0.29, 0.717) is 13.0 Å². The van der Waals surface area contributed by atoms with E-state index in [2.05, 4.69) is 18.7 Å². The standard InChI is InChI=1S/C23H30FNO2/c1-16-13-25(14-17(2)22(16)26)15-23(3,27)12-19-6-4-5-7-21(19)18-8-10-20(24)11-9-18/h4-11,16-17,22,26-27H,12-15H2,1-3H3. The van der Waals surface area contributed by atoms with Gasteiger partial charge in [-0.2, -0.15) is 0 Å². The molecule has 0 amide bonds. The van der Waals surface area contributed by atoms with Gasteiger partial charge < -0.3 is 10.2 Å². The minimum Gasteiger partial charge on any atom is -0.392 e. The Kier molecular flexibility index (Phi) is 5.99. The molecule has 27 heavy (non-hydrogen) atoms. The number of rotatable bonds is 5. The molecule has 2 aromatic carbocycles. The fraction of sp³-hybridized carbons (Fsp3) is 0.478. The highest BCUT2D eigenvalue weighted by molar-refractivity contribution is 5.67. The van der Waals surface area contributed by atoms with Crippen LogP contribution in [0.1, 0.15) is 26.3 Å². The summed E-state index contributed by atoms with van der Waals surface area (Å²) in [6.45, 7) is 8.14. The number of β-amino-alcohol motifs (C(OH)–C–C–N with tert-alkyl or cyclic N) is 1. The lowest BCUT2D eigenvalue weighted by molar-refractivity contribution is -0.0443. The molecule has 0 aliphatic carbocycles. The lowest BCUT2D eigenvalue weighted by Gasteiger charge is -2.41. The molecule has 146 valence electrons. The second-order valence-electron chi connectivity index (χ2n) is 8.48. The van der Waals surface area contributed by atoms with Gasteiger partial charge in [-0.15, -0.1) is 0 Å². The largest absolute Gasteiger partial charge is 0.392 e. The zero-order chi connectivity index (χ0) is 19.6. The van der Waals surface area contributed by atoms with Crippen LogP contribution in [-0.4, -0.2) is 46.5 Å². The molecule has 2 aromatic rings. The average molecular weight is 371 g/mol. The van der Waals surface area contributed by atoms with Crippen molar-refractivity contribution in [2.24, 2.45) is 11.8 Å². The van der Waals surface area contributed by atoms with Gasteiger partial charge in [-0.05, 0) is 47.6 Å². The first-order chi connectivity index (χ1) is 12.7. The van der Waals surface area contributed by atoms with Gasteiger partial charge >= 0.3 is 0 Å². The number of nitrogens with zero attached hydrogens (tertiary/aromatic N) is 1. The zero-order valence-electron chi connectivity index (χ0n) is 16.4. The van der Waals surface area contributed by atoms with E-state index >= 15 is 0 Å². The van der Waals surface area contributed by atoms with E-state index in [1.807, 2.05) is 31.2 Å². The molecule has 1 fully saturated rings. The van der Waals surface area contributed by atoms with Crippen molar-refractivity contribution in [2.75, 3.05) is 19.6 Å². The lowest BCUT2D eigenvalue weighted by Crippen LogP contribution is -2.52. The van der Waals surface area contributed by atoms with Gasteiger partial charge in [0.05, 0.1) is 11.7 Å². The van der Waals surface area contributed by atoms with Crippen LogP contribution in [0, 0.1) is 17.7 Å². The summed E-state index contributed by atoms with van der Waals surface area (Å²) in [6, 6.07) is 14.5. The fourth-order valence-corrected chi connectivity index (χ4v) is 4.33. The van der Waals surface area contributed by atoms with Gasteiger partial charge in [0.1, 0.15) is 5.82 Å². The third-order valence-electron chi connectivity index (χ3n) is 5.57. The van der Waals surface area contributed by atoms with Crippen LogP contribution in [0.3, 0.4) is 0 Å². The first-order valence-corrected chi connectivity index (χ1v) is 9.72. The highest BCUT2D eigenvalue weighted by Gasteiger charge is 2.34. The van der Waals surface area contributed by atoms with Crippen molar-refractivity contribution in [3.8, 4) is 11.1 Å². The summed E-state index contributed by atoms with van der Waals surface area (Å²) >= 11 is 0. The van der Waals surface area contributed by atoms with Crippen molar-refractivity contribution >= 4 is 0 Å². The smallest absolute Gasteiger partial charge is 0.123 e. The third-order valence-corrected chi connectivity index (χ3v) is 5.57. The van der Waals surface area contributed by atoms with Gasteiger partial charge in [0, 0.05) is 26.1 Å². The summed E-state index contributed by atoms with van der Waals surface area (Å²) in [5.74, 6) is 0.158. The fourth-order valence-electron chi connectivity index (χ4n) is 4.33. The topological polar surface area (TPSA) is 43.7 Å². The second-order valence-corrected chi connectivity index (χ2v) is 8.48. The Morgan fingerprint density at radius 2 is 1.63 bits per heavy atom. The van der Waals surface area contributed by atoms with Crippen LogP contribution < -0.4 is 0 Å². The molecular formula is C23H30FNO2. The average Bonchev–Trinajstić information content (AvgIpc) is 2.60. The minimum atomic E-state index is -0.891. The molecule has 2 N–H and O–H groups in total. The van der Waals surface area contributed by atoms with Crippen LogP contribution in [0.15, 0.2) is 48.5 Å². The molecule has 0 radical (unpaired) electrons. The Balaban J connectivity index is 1.75. The molecule has 3 atom stereocenters. The van der Waals surface area contributed by atoms with E-state index in [-0.39, 0.29) is 23.8 Å². The molecule has 3 nitrogen and oxygen atoms in total. The summed E-state index contributed by atoms with van der Waals surface area (Å²) < 4.78 is 13.3. The molecule has 0 bridgehead atoms. The Labute approximate surface area is 161 Å². The first kappa shape index (κ1) is 20.0. The molecule has 3 rings (SSSR count). The van der Waals surface area contributed by atoms with E-state index in [9.17, 15) is 14.6 Å². The SMILES string of the molecule is CC1CN(CC(C)(O)Cc2ccccc2-c2ccc(F)cc2)CC(C)C1O. The number of aliphatic hydroxyl groups is 2. The number of hydrogen-bond acceptors (Lipinski definition) is 3. The predicted octanol–water partition coefficient (Wildman–Crippen LogP) is 3.73. The van der Waals surface area contributed by atoms with Crippen molar-refractivity contribution in [3.63, 3.8) is 0 Å². The minimum absolute atomic E-state index is 0.205. The van der Waals surface area contributed by atoms with Gasteiger partial charge in [-0.3, -0.25) is 4.90 Å². The molecule has 4 heteroatoms. The maximum atomic E-state index is 13.3. The molecule has 1 heterocycles. The summed E-state index contributed by atoms with van der Waals surface area (Å²) in [5.41, 5.74) is 2.13. The summed E-state index contributed by atoms with van der Waals surface area (Å²) in [5, 5.41) is 21.3. The van der Waals surface area contributed by atoms with E-state index in [4.69, 9.17) is 0 Å².